The van der Waals surface area contributed by atoms with Gasteiger partial charge in [0.15, 0.2) is 0 Å². The van der Waals surface area contributed by atoms with Crippen LogP contribution in [0.25, 0.3) is 17.2 Å². The van der Waals surface area contributed by atoms with Crippen LogP contribution in [-0.4, -0.2) is 9.78 Å². The minimum absolute atomic E-state index is 0.0558. The molecular formula is C32H34N2O. The quantitative estimate of drug-likeness (QED) is 0.293. The van der Waals surface area contributed by atoms with Gasteiger partial charge in [0.05, 0.1) is 11.7 Å². The number of hydrogen-bond acceptors (Lipinski definition) is 2. The van der Waals surface area contributed by atoms with Crippen molar-refractivity contribution in [2.45, 2.75) is 52.7 Å². The van der Waals surface area contributed by atoms with Gasteiger partial charge in [-0.3, -0.25) is 4.68 Å². The number of benzene rings is 3. The van der Waals surface area contributed by atoms with Crippen molar-refractivity contribution < 1.29 is 4.74 Å². The number of hydrogen-bond donors (Lipinski definition) is 0. The van der Waals surface area contributed by atoms with Crippen LogP contribution in [0, 0.1) is 5.92 Å². The van der Waals surface area contributed by atoms with Gasteiger partial charge in [0.25, 0.3) is 0 Å². The fourth-order valence-electron chi connectivity index (χ4n) is 4.78. The minimum Gasteiger partial charge on any atom is -0.488 e. The lowest BCUT2D eigenvalue weighted by atomic mass is 9.79. The Morgan fingerprint density at radius 2 is 1.60 bits per heavy atom. The number of rotatable bonds is 6. The molecule has 3 heteroatoms. The van der Waals surface area contributed by atoms with Gasteiger partial charge >= 0.3 is 0 Å². The van der Waals surface area contributed by atoms with E-state index in [-0.39, 0.29) is 5.54 Å². The van der Waals surface area contributed by atoms with Crippen LogP contribution in [-0.2, 0) is 25.0 Å². The van der Waals surface area contributed by atoms with Crippen molar-refractivity contribution in [3.05, 3.63) is 113 Å². The van der Waals surface area contributed by atoms with Crippen LogP contribution in [0.3, 0.4) is 0 Å². The van der Waals surface area contributed by atoms with Crippen LogP contribution in [0.4, 0.5) is 0 Å². The van der Waals surface area contributed by atoms with E-state index in [9.17, 15) is 0 Å². The second-order valence-electron chi connectivity index (χ2n) is 10.6. The number of allylic oxidation sites excluding steroid dienone is 1. The summed E-state index contributed by atoms with van der Waals surface area (Å²) in [5.74, 6) is 1.43. The molecule has 1 aliphatic carbocycles. The van der Waals surface area contributed by atoms with E-state index in [1.165, 1.54) is 27.8 Å². The fraction of sp³-hybridized carbons (Fsp3) is 0.281. The maximum atomic E-state index is 6.46. The first-order valence-electron chi connectivity index (χ1n) is 12.5. The Hall–Kier alpha value is -3.59. The highest BCUT2D eigenvalue weighted by molar-refractivity contribution is 5.74. The van der Waals surface area contributed by atoms with Gasteiger partial charge in [-0.1, -0.05) is 78.4 Å². The molecule has 0 radical (unpaired) electrons. The molecule has 0 saturated carbocycles. The molecule has 4 aromatic rings. The molecule has 5 rings (SSSR count). The maximum Gasteiger partial charge on any atom is 0.127 e. The standard InChI is InChI=1S/C32H34N2O/c1-23-15-30-28(17-26(23)16-24-11-7-5-8-12-24)18-27(29-20-33-34(21-29)32(2,3)4)19-31(30)35-22-25-13-9-6-10-14-25/h5-15,18-21,26H,16-17,22H2,1-4H3. The summed E-state index contributed by atoms with van der Waals surface area (Å²) in [5, 5.41) is 4.65. The van der Waals surface area contributed by atoms with E-state index in [1.807, 2.05) is 16.9 Å². The molecular weight excluding hydrogens is 428 g/mol. The van der Waals surface area contributed by atoms with Crippen LogP contribution in [0.15, 0.2) is 90.8 Å². The Kier molecular flexibility index (Phi) is 6.34. The Labute approximate surface area is 209 Å². The van der Waals surface area contributed by atoms with Crippen molar-refractivity contribution in [3.8, 4) is 16.9 Å². The molecule has 3 nitrogen and oxygen atoms in total. The topological polar surface area (TPSA) is 27.1 Å². The zero-order valence-electron chi connectivity index (χ0n) is 21.2. The SMILES string of the molecule is CC1=Cc2c(cc(-c3cnn(C(C)(C)C)c3)cc2OCc2ccccc2)CC1Cc1ccccc1. The first-order valence-corrected chi connectivity index (χ1v) is 12.5. The van der Waals surface area contributed by atoms with Gasteiger partial charge in [-0.05, 0) is 74.8 Å². The highest BCUT2D eigenvalue weighted by Gasteiger charge is 2.24. The first kappa shape index (κ1) is 23.2. The predicted molar refractivity (Wildman–Crippen MR) is 144 cm³/mol. The largest absolute Gasteiger partial charge is 0.488 e. The van der Waals surface area contributed by atoms with Crippen LogP contribution in [0.2, 0.25) is 0 Å². The molecule has 1 aromatic heterocycles. The van der Waals surface area contributed by atoms with Crippen molar-refractivity contribution in [1.82, 2.24) is 9.78 Å². The van der Waals surface area contributed by atoms with Crippen LogP contribution >= 0.6 is 0 Å². The third-order valence-electron chi connectivity index (χ3n) is 6.88. The van der Waals surface area contributed by atoms with Crippen molar-refractivity contribution in [3.63, 3.8) is 0 Å². The lowest BCUT2D eigenvalue weighted by Crippen LogP contribution is -2.21. The molecule has 3 aromatic carbocycles. The van der Waals surface area contributed by atoms with Crippen LogP contribution in [0.5, 0.6) is 5.75 Å². The van der Waals surface area contributed by atoms with Gasteiger partial charge in [-0.15, -0.1) is 0 Å². The zero-order chi connectivity index (χ0) is 24.4. The molecule has 0 saturated heterocycles. The average molecular weight is 463 g/mol. The summed E-state index contributed by atoms with van der Waals surface area (Å²) < 4.78 is 8.49. The Morgan fingerprint density at radius 3 is 2.26 bits per heavy atom. The lowest BCUT2D eigenvalue weighted by Gasteiger charge is -2.26. The Bertz CT molecular complexity index is 1330. The molecule has 0 amide bonds. The van der Waals surface area contributed by atoms with E-state index in [0.717, 1.165) is 29.7 Å². The number of fused-ring (bicyclic) bond motifs is 1. The summed E-state index contributed by atoms with van der Waals surface area (Å²) in [6, 6.07) is 25.7. The van der Waals surface area contributed by atoms with E-state index >= 15 is 0 Å². The third-order valence-corrected chi connectivity index (χ3v) is 6.88. The van der Waals surface area contributed by atoms with Crippen molar-refractivity contribution in [2.75, 3.05) is 0 Å². The molecule has 0 bridgehead atoms. The molecule has 0 N–H and O–H groups in total. The second kappa shape index (κ2) is 9.58. The zero-order valence-corrected chi connectivity index (χ0v) is 21.2. The van der Waals surface area contributed by atoms with Crippen LogP contribution < -0.4 is 4.74 Å². The summed E-state index contributed by atoms with van der Waals surface area (Å²) in [5.41, 5.74) is 8.77. The summed E-state index contributed by atoms with van der Waals surface area (Å²) in [4.78, 5) is 0. The van der Waals surface area contributed by atoms with E-state index in [4.69, 9.17) is 4.74 Å². The summed E-state index contributed by atoms with van der Waals surface area (Å²) in [7, 11) is 0. The van der Waals surface area contributed by atoms with Gasteiger partial charge in [0.2, 0.25) is 0 Å². The molecule has 1 atom stereocenters. The molecule has 1 heterocycles. The van der Waals surface area contributed by atoms with Gasteiger partial charge in [-0.2, -0.15) is 5.10 Å². The van der Waals surface area contributed by atoms with Gasteiger partial charge < -0.3 is 4.74 Å². The van der Waals surface area contributed by atoms with E-state index in [0.29, 0.717) is 12.5 Å². The predicted octanol–water partition coefficient (Wildman–Crippen LogP) is 7.70. The Morgan fingerprint density at radius 1 is 0.914 bits per heavy atom. The normalized spacial score (nSPS) is 15.4. The third kappa shape index (κ3) is 5.24. The molecule has 1 unspecified atom stereocenters. The summed E-state index contributed by atoms with van der Waals surface area (Å²) in [6.07, 6.45) is 8.52. The molecule has 0 fully saturated rings. The maximum absolute atomic E-state index is 6.46. The second-order valence-corrected chi connectivity index (χ2v) is 10.6. The van der Waals surface area contributed by atoms with Gasteiger partial charge in [0.1, 0.15) is 12.4 Å². The summed E-state index contributed by atoms with van der Waals surface area (Å²) in [6.45, 7) is 9.34. The fourth-order valence-corrected chi connectivity index (χ4v) is 4.78. The first-order chi connectivity index (χ1) is 16.9. The van der Waals surface area contributed by atoms with Crippen LogP contribution in [0.1, 0.15) is 49.9 Å². The minimum atomic E-state index is -0.0558. The molecule has 0 aliphatic heterocycles. The molecule has 1 aliphatic rings. The van der Waals surface area contributed by atoms with E-state index in [1.54, 1.807) is 0 Å². The highest BCUT2D eigenvalue weighted by Crippen LogP contribution is 2.39. The van der Waals surface area contributed by atoms with Crippen molar-refractivity contribution in [2.24, 2.45) is 5.92 Å². The Balaban J connectivity index is 1.51. The number of ether oxygens (including phenoxy) is 1. The summed E-state index contributed by atoms with van der Waals surface area (Å²) >= 11 is 0. The van der Waals surface area contributed by atoms with Gasteiger partial charge in [0, 0.05) is 17.3 Å². The van der Waals surface area contributed by atoms with E-state index < -0.39 is 0 Å². The van der Waals surface area contributed by atoms with E-state index in [2.05, 4.69) is 112 Å². The monoisotopic (exact) mass is 462 g/mol. The lowest BCUT2D eigenvalue weighted by molar-refractivity contribution is 0.305. The molecule has 0 spiro atoms. The molecule has 35 heavy (non-hydrogen) atoms. The number of aromatic nitrogens is 2. The number of nitrogens with zero attached hydrogens (tertiary/aromatic N) is 2. The smallest absolute Gasteiger partial charge is 0.127 e. The average Bonchev–Trinajstić information content (AvgIpc) is 3.36. The van der Waals surface area contributed by atoms with Gasteiger partial charge in [-0.25, -0.2) is 0 Å². The molecule has 178 valence electrons. The van der Waals surface area contributed by atoms with Crippen molar-refractivity contribution in [1.29, 1.82) is 0 Å². The van der Waals surface area contributed by atoms with Crippen molar-refractivity contribution >= 4 is 6.08 Å². The highest BCUT2D eigenvalue weighted by atomic mass is 16.5.